The summed E-state index contributed by atoms with van der Waals surface area (Å²) in [4.78, 5) is 6.73. The summed E-state index contributed by atoms with van der Waals surface area (Å²) in [7, 11) is 0. The molecule has 116 valence electrons. The van der Waals surface area contributed by atoms with E-state index in [4.69, 9.17) is 9.47 Å². The number of pyridine rings is 1. The van der Waals surface area contributed by atoms with Crippen LogP contribution in [0, 0.1) is 5.41 Å². The molecule has 3 rings (SSSR count). The molecule has 2 saturated heterocycles. The van der Waals surface area contributed by atoms with Crippen LogP contribution in [0.3, 0.4) is 0 Å². The Labute approximate surface area is 135 Å². The lowest BCUT2D eigenvalue weighted by Gasteiger charge is -2.47. The molecule has 21 heavy (non-hydrogen) atoms. The molecule has 0 N–H and O–H groups in total. The van der Waals surface area contributed by atoms with Gasteiger partial charge in [0, 0.05) is 44.1 Å². The molecule has 0 bridgehead atoms. The van der Waals surface area contributed by atoms with E-state index in [1.165, 1.54) is 5.56 Å². The minimum atomic E-state index is -0.329. The van der Waals surface area contributed by atoms with Gasteiger partial charge in [0.25, 0.3) is 0 Å². The standard InChI is InChI=1S/C16H23BrN2O2/c1-15(2)11-20-16(21-12-15)5-7-19(8-6-16)10-13-3-4-14(17)18-9-13/h3-4,9H,5-8,10-12H2,1-2H3. The van der Waals surface area contributed by atoms with Gasteiger partial charge in [-0.05, 0) is 27.6 Å². The number of rotatable bonds is 2. The average molecular weight is 355 g/mol. The second-order valence-corrected chi connectivity index (χ2v) is 7.73. The first-order valence-electron chi connectivity index (χ1n) is 7.57. The van der Waals surface area contributed by atoms with E-state index >= 15 is 0 Å². The molecule has 0 unspecified atom stereocenters. The van der Waals surface area contributed by atoms with Crippen LogP contribution in [0.5, 0.6) is 0 Å². The summed E-state index contributed by atoms with van der Waals surface area (Å²) in [6.07, 6.45) is 3.84. The molecule has 1 aromatic rings. The molecule has 0 aliphatic carbocycles. The molecule has 2 aliphatic rings. The van der Waals surface area contributed by atoms with Gasteiger partial charge in [-0.3, -0.25) is 4.90 Å². The Hall–Kier alpha value is -0.490. The molecule has 2 aliphatic heterocycles. The predicted octanol–water partition coefficient (Wildman–Crippen LogP) is 3.21. The van der Waals surface area contributed by atoms with Crippen molar-refractivity contribution in [1.82, 2.24) is 9.88 Å². The van der Waals surface area contributed by atoms with Gasteiger partial charge in [0.1, 0.15) is 4.60 Å². The van der Waals surface area contributed by atoms with Crippen molar-refractivity contribution in [3.63, 3.8) is 0 Å². The molecular formula is C16H23BrN2O2. The fourth-order valence-corrected chi connectivity index (χ4v) is 3.07. The third kappa shape index (κ3) is 3.83. The summed E-state index contributed by atoms with van der Waals surface area (Å²) in [5, 5.41) is 0. The zero-order valence-corrected chi connectivity index (χ0v) is 14.4. The van der Waals surface area contributed by atoms with Crippen molar-refractivity contribution in [3.05, 3.63) is 28.5 Å². The van der Waals surface area contributed by atoms with Crippen LogP contribution >= 0.6 is 15.9 Å². The predicted molar refractivity (Wildman–Crippen MR) is 84.9 cm³/mol. The van der Waals surface area contributed by atoms with E-state index in [0.717, 1.165) is 50.3 Å². The number of hydrogen-bond acceptors (Lipinski definition) is 4. The largest absolute Gasteiger partial charge is 0.349 e. The van der Waals surface area contributed by atoms with Crippen molar-refractivity contribution in [1.29, 1.82) is 0 Å². The van der Waals surface area contributed by atoms with Gasteiger partial charge in [0.15, 0.2) is 5.79 Å². The van der Waals surface area contributed by atoms with Crippen LogP contribution in [-0.4, -0.2) is 42.0 Å². The van der Waals surface area contributed by atoms with Crippen LogP contribution in [0.15, 0.2) is 22.9 Å². The lowest BCUT2D eigenvalue weighted by Crippen LogP contribution is -2.53. The molecule has 0 saturated carbocycles. The van der Waals surface area contributed by atoms with Crippen LogP contribution in [0.1, 0.15) is 32.3 Å². The van der Waals surface area contributed by atoms with E-state index < -0.39 is 0 Å². The Bertz CT molecular complexity index is 470. The van der Waals surface area contributed by atoms with Gasteiger partial charge >= 0.3 is 0 Å². The third-order valence-corrected chi connectivity index (χ3v) is 4.73. The van der Waals surface area contributed by atoms with Crippen LogP contribution in [0.4, 0.5) is 0 Å². The topological polar surface area (TPSA) is 34.6 Å². The molecule has 0 radical (unpaired) electrons. The highest BCUT2D eigenvalue weighted by Crippen LogP contribution is 2.36. The molecule has 0 amide bonds. The second kappa shape index (κ2) is 5.95. The number of piperidine rings is 1. The van der Waals surface area contributed by atoms with Crippen molar-refractivity contribution in [2.45, 2.75) is 39.0 Å². The molecule has 5 heteroatoms. The Kier molecular flexibility index (Phi) is 4.37. The third-order valence-electron chi connectivity index (χ3n) is 4.26. The van der Waals surface area contributed by atoms with Crippen molar-refractivity contribution >= 4 is 15.9 Å². The quantitative estimate of drug-likeness (QED) is 0.763. The summed E-state index contributed by atoms with van der Waals surface area (Å²) in [6, 6.07) is 4.12. The van der Waals surface area contributed by atoms with E-state index in [2.05, 4.69) is 45.7 Å². The number of ether oxygens (including phenoxy) is 2. The van der Waals surface area contributed by atoms with E-state index in [9.17, 15) is 0 Å². The maximum Gasteiger partial charge on any atom is 0.170 e. The lowest BCUT2D eigenvalue weighted by molar-refractivity contribution is -0.313. The molecule has 2 fully saturated rings. The highest BCUT2D eigenvalue weighted by atomic mass is 79.9. The van der Waals surface area contributed by atoms with Gasteiger partial charge in [0.2, 0.25) is 0 Å². The average Bonchev–Trinajstić information content (AvgIpc) is 2.47. The number of halogens is 1. The Morgan fingerprint density at radius 2 is 1.86 bits per heavy atom. The van der Waals surface area contributed by atoms with Gasteiger partial charge < -0.3 is 9.47 Å². The maximum atomic E-state index is 6.07. The highest BCUT2D eigenvalue weighted by molar-refractivity contribution is 9.10. The van der Waals surface area contributed by atoms with Gasteiger partial charge in [-0.2, -0.15) is 0 Å². The van der Waals surface area contributed by atoms with Gasteiger partial charge in [-0.25, -0.2) is 4.98 Å². The highest BCUT2D eigenvalue weighted by Gasteiger charge is 2.42. The van der Waals surface area contributed by atoms with Crippen LogP contribution in [0.25, 0.3) is 0 Å². The SMILES string of the molecule is CC1(C)COC2(CCN(Cc3ccc(Br)nc3)CC2)OC1. The molecule has 4 nitrogen and oxygen atoms in total. The van der Waals surface area contributed by atoms with Crippen molar-refractivity contribution in [2.24, 2.45) is 5.41 Å². The maximum absolute atomic E-state index is 6.07. The van der Waals surface area contributed by atoms with Crippen LogP contribution in [0.2, 0.25) is 0 Å². The fourth-order valence-electron chi connectivity index (χ4n) is 2.84. The van der Waals surface area contributed by atoms with Crippen molar-refractivity contribution in [2.75, 3.05) is 26.3 Å². The van der Waals surface area contributed by atoms with Crippen LogP contribution in [-0.2, 0) is 16.0 Å². The summed E-state index contributed by atoms with van der Waals surface area (Å²) in [5.74, 6) is -0.329. The zero-order chi connectivity index (χ0) is 14.9. The van der Waals surface area contributed by atoms with Crippen LogP contribution < -0.4 is 0 Å². The Balaban J connectivity index is 1.52. The fraction of sp³-hybridized carbons (Fsp3) is 0.688. The Morgan fingerprint density at radius 3 is 2.43 bits per heavy atom. The number of hydrogen-bond donors (Lipinski definition) is 0. The monoisotopic (exact) mass is 354 g/mol. The summed E-state index contributed by atoms with van der Waals surface area (Å²) >= 11 is 3.37. The number of nitrogens with zero attached hydrogens (tertiary/aromatic N) is 2. The first-order chi connectivity index (χ1) is 9.96. The Morgan fingerprint density at radius 1 is 1.19 bits per heavy atom. The zero-order valence-electron chi connectivity index (χ0n) is 12.8. The molecule has 0 atom stereocenters. The van der Waals surface area contributed by atoms with E-state index in [-0.39, 0.29) is 11.2 Å². The van der Waals surface area contributed by atoms with Gasteiger partial charge in [-0.15, -0.1) is 0 Å². The smallest absolute Gasteiger partial charge is 0.170 e. The normalized spacial score (nSPS) is 25.1. The lowest BCUT2D eigenvalue weighted by atomic mass is 9.92. The minimum Gasteiger partial charge on any atom is -0.349 e. The summed E-state index contributed by atoms with van der Waals surface area (Å²) in [5.41, 5.74) is 1.40. The molecule has 0 aromatic carbocycles. The molecule has 1 spiro atoms. The minimum absolute atomic E-state index is 0.144. The molecule has 1 aromatic heterocycles. The van der Waals surface area contributed by atoms with Crippen molar-refractivity contribution < 1.29 is 9.47 Å². The molecule has 3 heterocycles. The van der Waals surface area contributed by atoms with Crippen molar-refractivity contribution in [3.8, 4) is 0 Å². The van der Waals surface area contributed by atoms with E-state index in [0.29, 0.717) is 0 Å². The summed E-state index contributed by atoms with van der Waals surface area (Å²) < 4.78 is 13.0. The van der Waals surface area contributed by atoms with E-state index in [1.807, 2.05) is 12.3 Å². The first kappa shape index (κ1) is 15.4. The first-order valence-corrected chi connectivity index (χ1v) is 8.37. The number of likely N-dealkylation sites (tertiary alicyclic amines) is 1. The van der Waals surface area contributed by atoms with Gasteiger partial charge in [-0.1, -0.05) is 19.9 Å². The molecular weight excluding hydrogens is 332 g/mol. The number of aromatic nitrogens is 1. The summed E-state index contributed by atoms with van der Waals surface area (Å²) in [6.45, 7) is 8.94. The van der Waals surface area contributed by atoms with E-state index in [1.54, 1.807) is 0 Å². The van der Waals surface area contributed by atoms with Gasteiger partial charge in [0.05, 0.1) is 13.2 Å². The second-order valence-electron chi connectivity index (χ2n) is 6.92.